The number of halogens is 2. The van der Waals surface area contributed by atoms with E-state index in [1.54, 1.807) is 6.07 Å². The van der Waals surface area contributed by atoms with Gasteiger partial charge in [-0.25, -0.2) is 13.8 Å². The van der Waals surface area contributed by atoms with Crippen LogP contribution in [0.2, 0.25) is 0 Å². The van der Waals surface area contributed by atoms with Gasteiger partial charge in [-0.2, -0.15) is 0 Å². The van der Waals surface area contributed by atoms with E-state index in [9.17, 15) is 8.78 Å². The SMILES string of the molecule is Cc1cccc2c1nc(N)n2-c1ccc(F)cc1F. The first kappa shape index (κ1) is 11.6. The number of hydrogen-bond donors (Lipinski definition) is 1. The van der Waals surface area contributed by atoms with Gasteiger partial charge in [0.15, 0.2) is 0 Å². The van der Waals surface area contributed by atoms with E-state index in [4.69, 9.17) is 5.73 Å². The van der Waals surface area contributed by atoms with Gasteiger partial charge in [0.2, 0.25) is 5.95 Å². The van der Waals surface area contributed by atoms with E-state index in [-0.39, 0.29) is 11.6 Å². The highest BCUT2D eigenvalue weighted by molar-refractivity contribution is 5.83. The van der Waals surface area contributed by atoms with Crippen LogP contribution in [0.25, 0.3) is 16.7 Å². The molecular formula is C14H11F2N3. The first-order valence-electron chi connectivity index (χ1n) is 5.77. The van der Waals surface area contributed by atoms with Crippen LogP contribution >= 0.6 is 0 Å². The largest absolute Gasteiger partial charge is 0.369 e. The summed E-state index contributed by atoms with van der Waals surface area (Å²) in [5, 5.41) is 0. The molecule has 2 aromatic carbocycles. The lowest BCUT2D eigenvalue weighted by Gasteiger charge is -2.07. The Morgan fingerprint density at radius 1 is 1.16 bits per heavy atom. The molecule has 1 heterocycles. The van der Waals surface area contributed by atoms with Crippen molar-refractivity contribution in [3.8, 4) is 5.69 Å². The quantitative estimate of drug-likeness (QED) is 0.729. The zero-order chi connectivity index (χ0) is 13.6. The molecule has 19 heavy (non-hydrogen) atoms. The van der Waals surface area contributed by atoms with E-state index in [2.05, 4.69) is 4.98 Å². The zero-order valence-electron chi connectivity index (χ0n) is 10.2. The van der Waals surface area contributed by atoms with E-state index in [0.29, 0.717) is 11.0 Å². The minimum absolute atomic E-state index is 0.176. The molecule has 0 bridgehead atoms. The first-order chi connectivity index (χ1) is 9.08. The molecular weight excluding hydrogens is 248 g/mol. The standard InChI is InChI=1S/C14H11F2N3/c1-8-3-2-4-12-13(8)18-14(17)19(12)11-6-5-9(15)7-10(11)16/h2-7H,1H3,(H2,17,18). The number of rotatable bonds is 1. The molecule has 0 atom stereocenters. The van der Waals surface area contributed by atoms with Crippen molar-refractivity contribution in [2.24, 2.45) is 0 Å². The summed E-state index contributed by atoms with van der Waals surface area (Å²) >= 11 is 0. The third-order valence-electron chi connectivity index (χ3n) is 3.06. The molecule has 0 radical (unpaired) electrons. The van der Waals surface area contributed by atoms with Crippen molar-refractivity contribution in [1.82, 2.24) is 9.55 Å². The maximum absolute atomic E-state index is 13.9. The Labute approximate surface area is 108 Å². The van der Waals surface area contributed by atoms with Gasteiger partial charge in [-0.3, -0.25) is 4.57 Å². The lowest BCUT2D eigenvalue weighted by molar-refractivity contribution is 0.579. The fourth-order valence-corrected chi connectivity index (χ4v) is 2.17. The van der Waals surface area contributed by atoms with Crippen LogP contribution in [0.5, 0.6) is 0 Å². The molecule has 96 valence electrons. The number of nitrogen functional groups attached to an aromatic ring is 1. The normalized spacial score (nSPS) is 11.1. The number of aryl methyl sites for hydroxylation is 1. The van der Waals surface area contributed by atoms with E-state index >= 15 is 0 Å². The summed E-state index contributed by atoms with van der Waals surface area (Å²) in [7, 11) is 0. The van der Waals surface area contributed by atoms with Gasteiger partial charge >= 0.3 is 0 Å². The average molecular weight is 259 g/mol. The molecule has 0 fully saturated rings. The number of imidazole rings is 1. The van der Waals surface area contributed by atoms with Crippen LogP contribution in [0.3, 0.4) is 0 Å². The second-order valence-corrected chi connectivity index (χ2v) is 4.34. The number of benzene rings is 2. The summed E-state index contributed by atoms with van der Waals surface area (Å²) in [6, 6.07) is 8.92. The molecule has 2 N–H and O–H groups in total. The molecule has 0 saturated carbocycles. The molecule has 0 aliphatic rings. The van der Waals surface area contributed by atoms with Crippen LogP contribution in [0.4, 0.5) is 14.7 Å². The molecule has 5 heteroatoms. The van der Waals surface area contributed by atoms with Crippen molar-refractivity contribution in [2.45, 2.75) is 6.92 Å². The van der Waals surface area contributed by atoms with Crippen LogP contribution < -0.4 is 5.73 Å². The van der Waals surface area contributed by atoms with Gasteiger partial charge in [-0.15, -0.1) is 0 Å². The van der Waals surface area contributed by atoms with E-state index in [1.807, 2.05) is 19.1 Å². The first-order valence-corrected chi connectivity index (χ1v) is 5.77. The van der Waals surface area contributed by atoms with Crippen LogP contribution in [0, 0.1) is 18.6 Å². The second kappa shape index (κ2) is 4.05. The average Bonchev–Trinajstić information content (AvgIpc) is 2.68. The molecule has 0 unspecified atom stereocenters. The monoisotopic (exact) mass is 259 g/mol. The number of para-hydroxylation sites is 1. The van der Waals surface area contributed by atoms with Gasteiger partial charge in [0.25, 0.3) is 0 Å². The van der Waals surface area contributed by atoms with Gasteiger partial charge < -0.3 is 5.73 Å². The molecule has 3 rings (SSSR count). The van der Waals surface area contributed by atoms with E-state index < -0.39 is 11.6 Å². The molecule has 1 aromatic heterocycles. The predicted octanol–water partition coefficient (Wildman–Crippen LogP) is 3.19. The lowest BCUT2D eigenvalue weighted by atomic mass is 10.2. The lowest BCUT2D eigenvalue weighted by Crippen LogP contribution is -2.03. The zero-order valence-corrected chi connectivity index (χ0v) is 10.2. The molecule has 0 saturated heterocycles. The molecule has 3 nitrogen and oxygen atoms in total. The Kier molecular flexibility index (Phi) is 2.48. The highest BCUT2D eigenvalue weighted by Crippen LogP contribution is 2.26. The molecule has 3 aromatic rings. The second-order valence-electron chi connectivity index (χ2n) is 4.34. The topological polar surface area (TPSA) is 43.8 Å². The Morgan fingerprint density at radius 3 is 2.68 bits per heavy atom. The van der Waals surface area contributed by atoms with Crippen LogP contribution in [-0.4, -0.2) is 9.55 Å². The molecule has 0 spiro atoms. The van der Waals surface area contributed by atoms with Crippen molar-refractivity contribution in [2.75, 3.05) is 5.73 Å². The molecule has 0 aliphatic carbocycles. The van der Waals surface area contributed by atoms with Crippen molar-refractivity contribution in [3.05, 3.63) is 53.6 Å². The fourth-order valence-electron chi connectivity index (χ4n) is 2.17. The number of aromatic nitrogens is 2. The summed E-state index contributed by atoms with van der Waals surface area (Å²) in [4.78, 5) is 4.23. The molecule has 0 aliphatic heterocycles. The van der Waals surface area contributed by atoms with Crippen molar-refractivity contribution < 1.29 is 8.78 Å². The number of fused-ring (bicyclic) bond motifs is 1. The van der Waals surface area contributed by atoms with Gasteiger partial charge in [0, 0.05) is 6.07 Å². The Morgan fingerprint density at radius 2 is 1.95 bits per heavy atom. The summed E-state index contributed by atoms with van der Waals surface area (Å²) < 4.78 is 28.3. The highest BCUT2D eigenvalue weighted by Gasteiger charge is 2.14. The maximum Gasteiger partial charge on any atom is 0.206 e. The van der Waals surface area contributed by atoms with Gasteiger partial charge in [0.1, 0.15) is 11.6 Å². The minimum atomic E-state index is -0.674. The minimum Gasteiger partial charge on any atom is -0.369 e. The highest BCUT2D eigenvalue weighted by atomic mass is 19.1. The van der Waals surface area contributed by atoms with Crippen molar-refractivity contribution in [3.63, 3.8) is 0 Å². The number of anilines is 1. The summed E-state index contributed by atoms with van der Waals surface area (Å²) in [6.45, 7) is 1.90. The third kappa shape index (κ3) is 1.74. The summed E-state index contributed by atoms with van der Waals surface area (Å²) in [5.74, 6) is -1.12. The van der Waals surface area contributed by atoms with Crippen LogP contribution in [-0.2, 0) is 0 Å². The predicted molar refractivity (Wildman–Crippen MR) is 70.1 cm³/mol. The smallest absolute Gasteiger partial charge is 0.206 e. The number of nitrogens with zero attached hydrogens (tertiary/aromatic N) is 2. The third-order valence-corrected chi connectivity index (χ3v) is 3.06. The Bertz CT molecular complexity index is 778. The van der Waals surface area contributed by atoms with Crippen molar-refractivity contribution >= 4 is 17.0 Å². The van der Waals surface area contributed by atoms with E-state index in [1.165, 1.54) is 16.7 Å². The molecule has 0 amide bonds. The van der Waals surface area contributed by atoms with E-state index in [0.717, 1.165) is 11.6 Å². The Hall–Kier alpha value is -2.43. The van der Waals surface area contributed by atoms with Crippen LogP contribution in [0.1, 0.15) is 5.56 Å². The maximum atomic E-state index is 13.9. The van der Waals surface area contributed by atoms with Gasteiger partial charge in [-0.05, 0) is 30.7 Å². The van der Waals surface area contributed by atoms with Gasteiger partial charge in [0.05, 0.1) is 16.7 Å². The van der Waals surface area contributed by atoms with Gasteiger partial charge in [-0.1, -0.05) is 12.1 Å². The number of hydrogen-bond acceptors (Lipinski definition) is 2. The summed E-state index contributed by atoms with van der Waals surface area (Å²) in [5.41, 5.74) is 8.40. The van der Waals surface area contributed by atoms with Crippen molar-refractivity contribution in [1.29, 1.82) is 0 Å². The summed E-state index contributed by atoms with van der Waals surface area (Å²) in [6.07, 6.45) is 0. The van der Waals surface area contributed by atoms with Crippen LogP contribution in [0.15, 0.2) is 36.4 Å². The Balaban J connectivity index is 2.36. The fraction of sp³-hybridized carbons (Fsp3) is 0.0714. The number of nitrogens with two attached hydrogens (primary N) is 1.